The predicted octanol–water partition coefficient (Wildman–Crippen LogP) is 4.89. The van der Waals surface area contributed by atoms with Gasteiger partial charge in [-0.05, 0) is 37.3 Å². The normalized spacial score (nSPS) is 10.9. The van der Waals surface area contributed by atoms with Crippen LogP contribution in [0.25, 0.3) is 16.9 Å². The molecule has 1 N–H and O–H groups in total. The van der Waals surface area contributed by atoms with E-state index < -0.39 is 45.9 Å². The van der Waals surface area contributed by atoms with Crippen molar-refractivity contribution in [3.05, 3.63) is 107 Å². The number of rotatable bonds is 8. The summed E-state index contributed by atoms with van der Waals surface area (Å²) in [7, 11) is 1.73. The fourth-order valence-electron chi connectivity index (χ4n) is 3.92. The maximum atomic E-state index is 15.0. The van der Waals surface area contributed by atoms with Crippen LogP contribution in [-0.2, 0) is 7.05 Å². The first-order chi connectivity index (χ1) is 19.7. The summed E-state index contributed by atoms with van der Waals surface area (Å²) in [5.74, 6) is -4.22. The van der Waals surface area contributed by atoms with Gasteiger partial charge in [0.05, 0.1) is 24.2 Å². The van der Waals surface area contributed by atoms with Gasteiger partial charge in [0, 0.05) is 48.9 Å². The molecule has 5 aromatic rings. The Bertz CT molecular complexity index is 1800. The molecule has 3 aromatic heterocycles. The van der Waals surface area contributed by atoms with Gasteiger partial charge in [0.1, 0.15) is 23.5 Å². The number of anilines is 1. The highest BCUT2D eigenvalue weighted by molar-refractivity contribution is 6.06. The summed E-state index contributed by atoms with van der Waals surface area (Å²) < 4.78 is 56.9. The van der Waals surface area contributed by atoms with Gasteiger partial charge in [0.2, 0.25) is 5.88 Å². The summed E-state index contributed by atoms with van der Waals surface area (Å²) in [4.78, 5) is 34.5. The summed E-state index contributed by atoms with van der Waals surface area (Å²) in [6.07, 6.45) is 5.84. The van der Waals surface area contributed by atoms with Gasteiger partial charge in [-0.1, -0.05) is 0 Å². The lowest BCUT2D eigenvalue weighted by Gasteiger charge is -2.14. The molecular formula is C28H21F3N6O4. The minimum atomic E-state index is -1.04. The summed E-state index contributed by atoms with van der Waals surface area (Å²) in [6.45, 7) is 1.78. The second kappa shape index (κ2) is 11.3. The fourth-order valence-corrected chi connectivity index (χ4v) is 3.92. The van der Waals surface area contributed by atoms with Crippen molar-refractivity contribution >= 4 is 11.6 Å². The number of carbonyl (C=O) groups is 1. The number of hydrogen-bond acceptors (Lipinski definition) is 7. The molecule has 0 radical (unpaired) electrons. The molecule has 0 aliphatic rings. The minimum absolute atomic E-state index is 0.0547. The molecular weight excluding hydrogens is 541 g/mol. The maximum absolute atomic E-state index is 15.0. The highest BCUT2D eigenvalue weighted by Crippen LogP contribution is 2.30. The summed E-state index contributed by atoms with van der Waals surface area (Å²) in [5, 5.41) is 6.28. The second-order valence-corrected chi connectivity index (χ2v) is 8.60. The van der Waals surface area contributed by atoms with Crippen LogP contribution in [0.1, 0.15) is 17.3 Å². The van der Waals surface area contributed by atoms with Crippen LogP contribution in [0.3, 0.4) is 0 Å². The van der Waals surface area contributed by atoms with Crippen molar-refractivity contribution in [1.29, 1.82) is 0 Å². The zero-order valence-corrected chi connectivity index (χ0v) is 21.6. The molecule has 3 heterocycles. The number of pyridine rings is 1. The first kappa shape index (κ1) is 27.1. The molecule has 0 fully saturated rings. The Morgan fingerprint density at radius 2 is 1.78 bits per heavy atom. The van der Waals surface area contributed by atoms with Gasteiger partial charge in [0.15, 0.2) is 17.4 Å². The van der Waals surface area contributed by atoms with E-state index in [1.165, 1.54) is 36.8 Å². The number of hydrogen-bond donors (Lipinski definition) is 1. The SMILES string of the molecule is CCOc1ccn(-c2ccc(F)cc2)c(=O)c1C(=O)Nc1cc(F)c(Oc2cc(-c3cnn(C)c3)ncn2)cc1F. The predicted molar refractivity (Wildman–Crippen MR) is 142 cm³/mol. The van der Waals surface area contributed by atoms with E-state index >= 15 is 4.39 Å². The van der Waals surface area contributed by atoms with Crippen molar-refractivity contribution in [3.8, 4) is 34.3 Å². The molecule has 41 heavy (non-hydrogen) atoms. The number of aromatic nitrogens is 5. The van der Waals surface area contributed by atoms with E-state index in [-0.39, 0.29) is 23.9 Å². The van der Waals surface area contributed by atoms with Crippen LogP contribution in [0.5, 0.6) is 17.4 Å². The van der Waals surface area contributed by atoms with Gasteiger partial charge in [-0.15, -0.1) is 0 Å². The highest BCUT2D eigenvalue weighted by atomic mass is 19.1. The Morgan fingerprint density at radius 3 is 2.49 bits per heavy atom. The Hall–Kier alpha value is -5.46. The molecule has 0 saturated heterocycles. The van der Waals surface area contributed by atoms with Crippen molar-refractivity contribution < 1.29 is 27.4 Å². The number of nitrogens with one attached hydrogen (secondary N) is 1. The van der Waals surface area contributed by atoms with Gasteiger partial charge < -0.3 is 14.8 Å². The quantitative estimate of drug-likeness (QED) is 0.287. The smallest absolute Gasteiger partial charge is 0.271 e. The zero-order valence-electron chi connectivity index (χ0n) is 21.6. The average molecular weight is 563 g/mol. The maximum Gasteiger partial charge on any atom is 0.271 e. The van der Waals surface area contributed by atoms with Crippen LogP contribution < -0.4 is 20.3 Å². The van der Waals surface area contributed by atoms with Gasteiger partial charge in [-0.2, -0.15) is 5.10 Å². The van der Waals surface area contributed by atoms with E-state index in [0.717, 1.165) is 22.8 Å². The van der Waals surface area contributed by atoms with Gasteiger partial charge in [0.25, 0.3) is 11.5 Å². The molecule has 5 rings (SSSR count). The number of nitrogens with zero attached hydrogens (tertiary/aromatic N) is 5. The summed E-state index contributed by atoms with van der Waals surface area (Å²) in [5.41, 5.74) is -0.416. The van der Waals surface area contributed by atoms with Crippen LogP contribution in [0.2, 0.25) is 0 Å². The number of benzene rings is 2. The number of ether oxygens (including phenoxy) is 2. The largest absolute Gasteiger partial charge is 0.493 e. The third kappa shape index (κ3) is 5.78. The average Bonchev–Trinajstić information content (AvgIpc) is 3.39. The fraction of sp³-hybridized carbons (Fsp3) is 0.107. The molecule has 0 saturated carbocycles. The van der Waals surface area contributed by atoms with E-state index in [2.05, 4.69) is 20.4 Å². The summed E-state index contributed by atoms with van der Waals surface area (Å²) in [6, 6.07) is 9.27. The lowest BCUT2D eigenvalue weighted by atomic mass is 10.2. The second-order valence-electron chi connectivity index (χ2n) is 8.60. The third-order valence-electron chi connectivity index (χ3n) is 5.81. The van der Waals surface area contributed by atoms with E-state index in [9.17, 15) is 18.4 Å². The molecule has 0 unspecified atom stereocenters. The van der Waals surface area contributed by atoms with E-state index in [1.54, 1.807) is 31.0 Å². The standard InChI is InChI=1S/C28H21F3N6O4/c1-3-40-23-8-9-37(18-6-4-17(29)5-7-18)28(39)26(23)27(38)35-22-10-20(31)24(11-19(22)30)41-25-12-21(32-15-33-25)16-13-34-36(2)14-16/h4-15H,3H2,1-2H3,(H,35,38). The molecule has 0 atom stereocenters. The molecule has 10 nitrogen and oxygen atoms in total. The van der Waals surface area contributed by atoms with Crippen molar-refractivity contribution in [1.82, 2.24) is 24.3 Å². The van der Waals surface area contributed by atoms with Crippen molar-refractivity contribution in [3.63, 3.8) is 0 Å². The van der Waals surface area contributed by atoms with Crippen LogP contribution >= 0.6 is 0 Å². The Labute approximate surface area is 230 Å². The topological polar surface area (TPSA) is 113 Å². The van der Waals surface area contributed by atoms with Gasteiger partial charge in [-0.3, -0.25) is 18.8 Å². The molecule has 2 aromatic carbocycles. The molecule has 0 bridgehead atoms. The molecule has 0 spiro atoms. The lowest BCUT2D eigenvalue weighted by molar-refractivity contribution is 0.102. The number of amides is 1. The first-order valence-corrected chi connectivity index (χ1v) is 12.2. The monoisotopic (exact) mass is 562 g/mol. The van der Waals surface area contributed by atoms with E-state index in [4.69, 9.17) is 9.47 Å². The van der Waals surface area contributed by atoms with Gasteiger partial charge in [-0.25, -0.2) is 23.1 Å². The van der Waals surface area contributed by atoms with Crippen molar-refractivity contribution in [2.75, 3.05) is 11.9 Å². The number of aryl methyl sites for hydroxylation is 1. The van der Waals surface area contributed by atoms with E-state index in [0.29, 0.717) is 17.3 Å². The van der Waals surface area contributed by atoms with Crippen molar-refractivity contribution in [2.24, 2.45) is 7.05 Å². The number of carbonyl (C=O) groups excluding carboxylic acids is 1. The first-order valence-electron chi connectivity index (χ1n) is 12.2. The molecule has 1 amide bonds. The number of halogens is 3. The molecule has 0 aliphatic heterocycles. The third-order valence-corrected chi connectivity index (χ3v) is 5.81. The molecule has 0 aliphatic carbocycles. The Balaban J connectivity index is 1.42. The minimum Gasteiger partial charge on any atom is -0.493 e. The lowest BCUT2D eigenvalue weighted by Crippen LogP contribution is -2.29. The van der Waals surface area contributed by atoms with Crippen molar-refractivity contribution in [2.45, 2.75) is 6.92 Å². The van der Waals surface area contributed by atoms with E-state index in [1.807, 2.05) is 0 Å². The van der Waals surface area contributed by atoms with Crippen LogP contribution in [-0.4, -0.2) is 36.8 Å². The van der Waals surface area contributed by atoms with Crippen LogP contribution in [0, 0.1) is 17.5 Å². The van der Waals surface area contributed by atoms with Crippen LogP contribution in [0.4, 0.5) is 18.9 Å². The highest BCUT2D eigenvalue weighted by Gasteiger charge is 2.22. The zero-order chi connectivity index (χ0) is 29.1. The molecule has 208 valence electrons. The van der Waals surface area contributed by atoms with Crippen LogP contribution in [0.15, 0.2) is 78.2 Å². The Kier molecular flexibility index (Phi) is 7.50. The van der Waals surface area contributed by atoms with Gasteiger partial charge >= 0.3 is 0 Å². The Morgan fingerprint density at radius 1 is 1.00 bits per heavy atom. The summed E-state index contributed by atoms with van der Waals surface area (Å²) >= 11 is 0. The molecule has 13 heteroatoms.